The van der Waals surface area contributed by atoms with Gasteiger partial charge in [-0.1, -0.05) is 31.5 Å². The quantitative estimate of drug-likeness (QED) is 0.328. The Bertz CT molecular complexity index is 1210. The van der Waals surface area contributed by atoms with Crippen molar-refractivity contribution in [2.24, 2.45) is 5.92 Å². The van der Waals surface area contributed by atoms with Crippen molar-refractivity contribution < 1.29 is 27.2 Å². The van der Waals surface area contributed by atoms with Gasteiger partial charge < -0.3 is 14.6 Å². The standard InChI is InChI=1S/C23H27ClFN3O5S2/c1-15(2)22(26(3)4)16-5-7-19(18(25)13-16)27-11-9-20(23(27)30)28(33-14-29)35(31,32)12-10-17-6-8-21(24)34-17/h5-8,10,12-15,20,22H,9,11H2,1-4H3/b12-10+/t20-,22?/m0/s1. The second kappa shape index (κ2) is 11.2. The lowest BCUT2D eigenvalue weighted by Gasteiger charge is -2.29. The van der Waals surface area contributed by atoms with Crippen LogP contribution in [0.25, 0.3) is 6.08 Å². The lowest BCUT2D eigenvalue weighted by molar-refractivity contribution is -0.160. The highest BCUT2D eigenvalue weighted by atomic mass is 35.5. The van der Waals surface area contributed by atoms with Crippen LogP contribution in [-0.2, 0) is 24.4 Å². The molecule has 1 aromatic carbocycles. The van der Waals surface area contributed by atoms with Crippen molar-refractivity contribution in [1.82, 2.24) is 9.37 Å². The van der Waals surface area contributed by atoms with Gasteiger partial charge in [-0.15, -0.1) is 11.3 Å². The molecule has 2 heterocycles. The summed E-state index contributed by atoms with van der Waals surface area (Å²) in [7, 11) is -0.504. The number of nitrogens with zero attached hydrogens (tertiary/aromatic N) is 3. The van der Waals surface area contributed by atoms with E-state index in [0.29, 0.717) is 13.7 Å². The number of hydroxylamine groups is 1. The van der Waals surface area contributed by atoms with E-state index < -0.39 is 27.8 Å². The van der Waals surface area contributed by atoms with E-state index in [1.807, 2.05) is 32.8 Å². The first-order valence-electron chi connectivity index (χ1n) is 10.8. The minimum Gasteiger partial charge on any atom is -0.355 e. The van der Waals surface area contributed by atoms with Gasteiger partial charge in [-0.3, -0.25) is 9.59 Å². The first-order chi connectivity index (χ1) is 16.5. The zero-order valence-electron chi connectivity index (χ0n) is 19.7. The number of carbonyl (C=O) groups excluding carboxylic acids is 2. The van der Waals surface area contributed by atoms with Crippen LogP contribution in [0.4, 0.5) is 10.1 Å². The summed E-state index contributed by atoms with van der Waals surface area (Å²) in [6, 6.07) is 6.56. The molecular formula is C23H27ClFN3O5S2. The maximum Gasteiger partial charge on any atom is 0.314 e. The van der Waals surface area contributed by atoms with E-state index in [2.05, 4.69) is 0 Å². The minimum absolute atomic E-state index is 0.0120. The number of benzene rings is 1. The smallest absolute Gasteiger partial charge is 0.314 e. The van der Waals surface area contributed by atoms with Crippen LogP contribution >= 0.6 is 22.9 Å². The van der Waals surface area contributed by atoms with E-state index in [1.165, 1.54) is 23.1 Å². The normalized spacial score (nSPS) is 17.8. The van der Waals surface area contributed by atoms with Gasteiger partial charge in [0.1, 0.15) is 11.9 Å². The molecule has 1 amide bonds. The number of rotatable bonds is 10. The Morgan fingerprint density at radius 1 is 1.26 bits per heavy atom. The third-order valence-corrected chi connectivity index (χ3v) is 8.14. The number of sulfonamides is 1. The van der Waals surface area contributed by atoms with Crippen LogP contribution in [0.5, 0.6) is 0 Å². The van der Waals surface area contributed by atoms with Crippen molar-refractivity contribution in [2.45, 2.75) is 32.4 Å². The zero-order valence-corrected chi connectivity index (χ0v) is 22.1. The Morgan fingerprint density at radius 3 is 2.51 bits per heavy atom. The van der Waals surface area contributed by atoms with Gasteiger partial charge in [-0.25, -0.2) is 12.8 Å². The van der Waals surface area contributed by atoms with Gasteiger partial charge in [0.15, 0.2) is 0 Å². The Morgan fingerprint density at radius 2 is 1.97 bits per heavy atom. The summed E-state index contributed by atoms with van der Waals surface area (Å²) in [5.74, 6) is -1.06. The van der Waals surface area contributed by atoms with Crippen molar-refractivity contribution in [2.75, 3.05) is 25.5 Å². The molecule has 0 radical (unpaired) electrons. The summed E-state index contributed by atoms with van der Waals surface area (Å²) in [4.78, 5) is 32.6. The molecule has 1 fully saturated rings. The Labute approximate surface area is 213 Å². The fraction of sp³-hybridized carbons (Fsp3) is 0.391. The summed E-state index contributed by atoms with van der Waals surface area (Å²) >= 11 is 7.02. The topological polar surface area (TPSA) is 87.2 Å². The molecule has 1 unspecified atom stereocenters. The molecular weight excluding hydrogens is 517 g/mol. The van der Waals surface area contributed by atoms with Gasteiger partial charge in [-0.2, -0.15) is 0 Å². The van der Waals surface area contributed by atoms with Crippen LogP contribution in [0.2, 0.25) is 4.34 Å². The molecule has 0 spiro atoms. The molecule has 35 heavy (non-hydrogen) atoms. The van der Waals surface area contributed by atoms with Crippen LogP contribution in [0.15, 0.2) is 35.7 Å². The van der Waals surface area contributed by atoms with Crippen molar-refractivity contribution in [1.29, 1.82) is 0 Å². The molecule has 190 valence electrons. The van der Waals surface area contributed by atoms with Crippen molar-refractivity contribution >= 4 is 57.1 Å². The van der Waals surface area contributed by atoms with Gasteiger partial charge in [0.05, 0.1) is 15.4 Å². The minimum atomic E-state index is -4.33. The highest BCUT2D eigenvalue weighted by Gasteiger charge is 2.44. The summed E-state index contributed by atoms with van der Waals surface area (Å²) in [5, 5.41) is 0.831. The summed E-state index contributed by atoms with van der Waals surface area (Å²) < 4.78 is 41.7. The fourth-order valence-corrected chi connectivity index (χ4v) is 6.48. The molecule has 0 saturated carbocycles. The van der Waals surface area contributed by atoms with Gasteiger partial charge in [-0.05, 0) is 66.8 Å². The van der Waals surface area contributed by atoms with Gasteiger partial charge in [0.2, 0.25) is 5.91 Å². The lowest BCUT2D eigenvalue weighted by Crippen LogP contribution is -2.44. The summed E-state index contributed by atoms with van der Waals surface area (Å²) in [5.41, 5.74) is 0.802. The van der Waals surface area contributed by atoms with Crippen LogP contribution in [0.1, 0.15) is 36.8 Å². The van der Waals surface area contributed by atoms with Crippen molar-refractivity contribution in [3.63, 3.8) is 0 Å². The zero-order chi connectivity index (χ0) is 25.9. The number of hydrogen-bond acceptors (Lipinski definition) is 7. The molecule has 1 aliphatic rings. The van der Waals surface area contributed by atoms with Gasteiger partial charge >= 0.3 is 6.47 Å². The molecule has 2 atom stereocenters. The number of hydrogen-bond donors (Lipinski definition) is 0. The van der Waals surface area contributed by atoms with E-state index in [-0.39, 0.29) is 37.1 Å². The highest BCUT2D eigenvalue weighted by molar-refractivity contribution is 7.92. The summed E-state index contributed by atoms with van der Waals surface area (Å²) in [6.07, 6.45) is 1.30. The molecule has 0 N–H and O–H groups in total. The van der Waals surface area contributed by atoms with E-state index in [1.54, 1.807) is 18.2 Å². The SMILES string of the molecule is CC(C)C(c1ccc(N2CC[C@H](N(OC=O)S(=O)(=O)/C=C/c3ccc(Cl)s3)C2=O)c(F)c1)N(C)C. The third kappa shape index (κ3) is 6.10. The predicted molar refractivity (Wildman–Crippen MR) is 135 cm³/mol. The fourth-order valence-electron chi connectivity index (χ4n) is 4.29. The summed E-state index contributed by atoms with van der Waals surface area (Å²) in [6.45, 7) is 4.06. The van der Waals surface area contributed by atoms with Crippen molar-refractivity contribution in [3.05, 3.63) is 56.3 Å². The maximum absolute atomic E-state index is 15.1. The lowest BCUT2D eigenvalue weighted by atomic mass is 9.94. The predicted octanol–water partition coefficient (Wildman–Crippen LogP) is 4.30. The second-order valence-corrected chi connectivity index (χ2v) is 12.0. The van der Waals surface area contributed by atoms with Crippen LogP contribution in [0, 0.1) is 11.7 Å². The molecule has 12 heteroatoms. The molecule has 0 aliphatic carbocycles. The molecule has 1 saturated heterocycles. The molecule has 8 nitrogen and oxygen atoms in total. The number of halogens is 2. The highest BCUT2D eigenvalue weighted by Crippen LogP contribution is 2.33. The third-order valence-electron chi connectivity index (χ3n) is 5.62. The number of carbonyl (C=O) groups is 2. The number of anilines is 1. The molecule has 1 aromatic heterocycles. The maximum atomic E-state index is 15.1. The molecule has 3 rings (SSSR count). The Balaban J connectivity index is 1.85. The number of thiophene rings is 1. The number of amides is 1. The Hall–Kier alpha value is -2.31. The molecule has 0 bridgehead atoms. The van der Waals surface area contributed by atoms with Crippen LogP contribution in [0.3, 0.4) is 0 Å². The first-order valence-corrected chi connectivity index (χ1v) is 13.5. The van der Waals surface area contributed by atoms with Gasteiger partial charge in [0.25, 0.3) is 10.0 Å². The monoisotopic (exact) mass is 543 g/mol. The van der Waals surface area contributed by atoms with E-state index in [4.69, 9.17) is 16.4 Å². The van der Waals surface area contributed by atoms with Crippen LogP contribution < -0.4 is 4.90 Å². The largest absolute Gasteiger partial charge is 0.355 e. The van der Waals surface area contributed by atoms with Crippen LogP contribution in [-0.4, -0.2) is 56.8 Å². The van der Waals surface area contributed by atoms with E-state index >= 15 is 4.39 Å². The van der Waals surface area contributed by atoms with E-state index in [0.717, 1.165) is 22.3 Å². The second-order valence-electron chi connectivity index (χ2n) is 8.60. The van der Waals surface area contributed by atoms with Gasteiger partial charge in [0, 0.05) is 17.5 Å². The van der Waals surface area contributed by atoms with E-state index in [9.17, 15) is 18.0 Å². The first kappa shape index (κ1) is 27.3. The Kier molecular flexibility index (Phi) is 8.71. The molecule has 2 aromatic rings. The molecule has 1 aliphatic heterocycles. The van der Waals surface area contributed by atoms with Crippen molar-refractivity contribution in [3.8, 4) is 0 Å². The average Bonchev–Trinajstić information content (AvgIpc) is 3.35. The average molecular weight is 544 g/mol.